The smallest absolute Gasteiger partial charge is 0.315 e. The number of rotatable bonds is 5. The monoisotopic (exact) mass is 187 g/mol. The topological polar surface area (TPSA) is 72.5 Å². The largest absolute Gasteiger partial charge is 0.469 e. The van der Waals surface area contributed by atoms with E-state index in [1.807, 2.05) is 0 Å². The Morgan fingerprint density at radius 2 is 1.92 bits per heavy atom. The lowest BCUT2D eigenvalue weighted by atomic mass is 10.3. The van der Waals surface area contributed by atoms with E-state index in [0.717, 1.165) is 0 Å². The van der Waals surface area contributed by atoms with Gasteiger partial charge in [-0.05, 0) is 6.92 Å². The van der Waals surface area contributed by atoms with Crippen molar-refractivity contribution in [3.63, 3.8) is 0 Å². The SMILES string of the molecule is COC(=O)CC(=O)NCCC(C)=O. The van der Waals surface area contributed by atoms with E-state index in [1.165, 1.54) is 14.0 Å². The molecule has 1 amide bonds. The molecule has 0 aromatic carbocycles. The molecule has 74 valence electrons. The molecule has 13 heavy (non-hydrogen) atoms. The van der Waals surface area contributed by atoms with Crippen molar-refractivity contribution in [3.05, 3.63) is 0 Å². The van der Waals surface area contributed by atoms with Crippen LogP contribution in [-0.2, 0) is 19.1 Å². The fourth-order valence-electron chi connectivity index (χ4n) is 0.644. The highest BCUT2D eigenvalue weighted by atomic mass is 16.5. The van der Waals surface area contributed by atoms with Crippen LogP contribution in [0.25, 0.3) is 0 Å². The summed E-state index contributed by atoms with van der Waals surface area (Å²) in [5.41, 5.74) is 0. The van der Waals surface area contributed by atoms with Gasteiger partial charge in [-0.3, -0.25) is 14.4 Å². The van der Waals surface area contributed by atoms with Crippen LogP contribution in [0, 0.1) is 0 Å². The van der Waals surface area contributed by atoms with Gasteiger partial charge in [0.2, 0.25) is 5.91 Å². The van der Waals surface area contributed by atoms with Gasteiger partial charge >= 0.3 is 5.97 Å². The number of carbonyl (C=O) groups excluding carboxylic acids is 3. The number of ether oxygens (including phenoxy) is 1. The first-order valence-corrected chi connectivity index (χ1v) is 3.89. The fraction of sp³-hybridized carbons (Fsp3) is 0.625. The first-order chi connectivity index (χ1) is 6.06. The van der Waals surface area contributed by atoms with Crippen molar-refractivity contribution in [1.82, 2.24) is 5.32 Å². The molecular formula is C8H13NO4. The summed E-state index contributed by atoms with van der Waals surface area (Å²) in [5.74, 6) is -1.01. The minimum absolute atomic E-state index is 0.00151. The first-order valence-electron chi connectivity index (χ1n) is 3.89. The second-order valence-corrected chi connectivity index (χ2v) is 2.55. The van der Waals surface area contributed by atoms with Gasteiger partial charge in [-0.25, -0.2) is 0 Å². The van der Waals surface area contributed by atoms with E-state index in [2.05, 4.69) is 10.1 Å². The summed E-state index contributed by atoms with van der Waals surface area (Å²) in [7, 11) is 1.21. The molecule has 0 fully saturated rings. The highest BCUT2D eigenvalue weighted by molar-refractivity contribution is 5.94. The molecule has 0 aliphatic heterocycles. The minimum Gasteiger partial charge on any atom is -0.469 e. The molecule has 0 spiro atoms. The molecule has 0 rings (SSSR count). The van der Waals surface area contributed by atoms with E-state index in [4.69, 9.17) is 0 Å². The Kier molecular flexibility index (Phi) is 5.50. The molecule has 5 nitrogen and oxygen atoms in total. The van der Waals surface area contributed by atoms with Crippen LogP contribution in [0.5, 0.6) is 0 Å². The molecular weight excluding hydrogens is 174 g/mol. The lowest BCUT2D eigenvalue weighted by Gasteiger charge is -2.01. The van der Waals surface area contributed by atoms with Gasteiger partial charge < -0.3 is 10.1 Å². The summed E-state index contributed by atoms with van der Waals surface area (Å²) < 4.78 is 4.28. The molecule has 0 aliphatic rings. The van der Waals surface area contributed by atoms with Gasteiger partial charge in [0, 0.05) is 13.0 Å². The minimum atomic E-state index is -0.583. The standard InChI is InChI=1S/C8H13NO4/c1-6(10)3-4-9-7(11)5-8(12)13-2/h3-5H2,1-2H3,(H,9,11). The van der Waals surface area contributed by atoms with E-state index >= 15 is 0 Å². The number of methoxy groups -OCH3 is 1. The van der Waals surface area contributed by atoms with Crippen LogP contribution in [0.1, 0.15) is 19.8 Å². The van der Waals surface area contributed by atoms with Crippen molar-refractivity contribution in [2.45, 2.75) is 19.8 Å². The molecule has 0 saturated carbocycles. The van der Waals surface area contributed by atoms with Crippen molar-refractivity contribution in [1.29, 1.82) is 0 Å². The van der Waals surface area contributed by atoms with Crippen LogP contribution in [0.3, 0.4) is 0 Å². The van der Waals surface area contributed by atoms with Crippen molar-refractivity contribution < 1.29 is 19.1 Å². The zero-order valence-electron chi connectivity index (χ0n) is 7.75. The van der Waals surface area contributed by atoms with Crippen LogP contribution in [0.2, 0.25) is 0 Å². The Labute approximate surface area is 76.4 Å². The van der Waals surface area contributed by atoms with Crippen molar-refractivity contribution >= 4 is 17.7 Å². The van der Waals surface area contributed by atoms with Crippen LogP contribution in [-0.4, -0.2) is 31.3 Å². The van der Waals surface area contributed by atoms with E-state index in [1.54, 1.807) is 0 Å². The van der Waals surface area contributed by atoms with Gasteiger partial charge in [-0.15, -0.1) is 0 Å². The average molecular weight is 187 g/mol. The lowest BCUT2D eigenvalue weighted by molar-refractivity contribution is -0.143. The molecule has 0 aliphatic carbocycles. The van der Waals surface area contributed by atoms with Crippen LogP contribution < -0.4 is 5.32 Å². The Morgan fingerprint density at radius 3 is 2.38 bits per heavy atom. The second kappa shape index (κ2) is 6.16. The number of esters is 1. The summed E-state index contributed by atoms with van der Waals surface area (Å²) in [6, 6.07) is 0. The van der Waals surface area contributed by atoms with Crippen molar-refractivity contribution in [3.8, 4) is 0 Å². The van der Waals surface area contributed by atoms with Gasteiger partial charge in [0.1, 0.15) is 12.2 Å². The summed E-state index contributed by atoms with van der Waals surface area (Å²) in [6.07, 6.45) is -0.0126. The molecule has 0 saturated heterocycles. The van der Waals surface area contributed by atoms with E-state index in [9.17, 15) is 14.4 Å². The highest BCUT2D eigenvalue weighted by Gasteiger charge is 2.08. The van der Waals surface area contributed by atoms with Gasteiger partial charge in [0.05, 0.1) is 7.11 Å². The van der Waals surface area contributed by atoms with Gasteiger partial charge in [-0.1, -0.05) is 0 Å². The first kappa shape index (κ1) is 11.6. The predicted octanol–water partition coefficient (Wildman–Crippen LogP) is -0.355. The Hall–Kier alpha value is -1.39. The third-order valence-electron chi connectivity index (χ3n) is 1.33. The van der Waals surface area contributed by atoms with Gasteiger partial charge in [0.25, 0.3) is 0 Å². The molecule has 0 bridgehead atoms. The molecule has 0 aromatic rings. The molecule has 0 heterocycles. The normalized spacial score (nSPS) is 9.08. The maximum Gasteiger partial charge on any atom is 0.315 e. The molecule has 0 radical (unpaired) electrons. The number of nitrogens with one attached hydrogen (secondary N) is 1. The number of amides is 1. The Morgan fingerprint density at radius 1 is 1.31 bits per heavy atom. The zero-order chi connectivity index (χ0) is 10.3. The van der Waals surface area contributed by atoms with Crippen LogP contribution in [0.4, 0.5) is 0 Å². The van der Waals surface area contributed by atoms with Crippen LogP contribution in [0.15, 0.2) is 0 Å². The van der Waals surface area contributed by atoms with Crippen LogP contribution >= 0.6 is 0 Å². The molecule has 0 aromatic heterocycles. The van der Waals surface area contributed by atoms with Crippen molar-refractivity contribution in [2.75, 3.05) is 13.7 Å². The third kappa shape index (κ3) is 6.99. The summed E-state index contributed by atoms with van der Waals surface area (Å²) in [5, 5.41) is 2.42. The van der Waals surface area contributed by atoms with Crippen molar-refractivity contribution in [2.24, 2.45) is 0 Å². The Balaban J connectivity index is 3.52. The number of ketones is 1. The quantitative estimate of drug-likeness (QED) is 0.471. The number of Topliss-reactive ketones (excluding diaryl/α,β-unsaturated/α-hetero) is 1. The lowest BCUT2D eigenvalue weighted by Crippen LogP contribution is -2.27. The summed E-state index contributed by atoms with van der Waals surface area (Å²) in [4.78, 5) is 31.9. The highest BCUT2D eigenvalue weighted by Crippen LogP contribution is 1.85. The zero-order valence-corrected chi connectivity index (χ0v) is 7.75. The maximum atomic E-state index is 10.9. The van der Waals surface area contributed by atoms with E-state index < -0.39 is 11.9 Å². The molecule has 0 atom stereocenters. The number of hydrogen-bond acceptors (Lipinski definition) is 4. The average Bonchev–Trinajstić information content (AvgIpc) is 2.03. The molecule has 5 heteroatoms. The number of hydrogen-bond donors (Lipinski definition) is 1. The second-order valence-electron chi connectivity index (χ2n) is 2.55. The fourth-order valence-corrected chi connectivity index (χ4v) is 0.644. The predicted molar refractivity (Wildman–Crippen MR) is 44.9 cm³/mol. The summed E-state index contributed by atoms with van der Waals surface area (Å²) >= 11 is 0. The third-order valence-corrected chi connectivity index (χ3v) is 1.33. The van der Waals surface area contributed by atoms with Gasteiger partial charge in [0.15, 0.2) is 0 Å². The van der Waals surface area contributed by atoms with Gasteiger partial charge in [-0.2, -0.15) is 0 Å². The summed E-state index contributed by atoms with van der Waals surface area (Å²) in [6.45, 7) is 1.71. The molecule has 1 N–H and O–H groups in total. The van der Waals surface area contributed by atoms with E-state index in [-0.39, 0.29) is 25.2 Å². The number of carbonyl (C=O) groups is 3. The van der Waals surface area contributed by atoms with E-state index in [0.29, 0.717) is 0 Å². The Bertz CT molecular complexity index is 212. The molecule has 0 unspecified atom stereocenters. The maximum absolute atomic E-state index is 10.9.